The van der Waals surface area contributed by atoms with Crippen LogP contribution in [0.3, 0.4) is 0 Å². The van der Waals surface area contributed by atoms with Gasteiger partial charge in [0.15, 0.2) is 0 Å². The summed E-state index contributed by atoms with van der Waals surface area (Å²) in [5, 5.41) is 9.71. The van der Waals surface area contributed by atoms with Crippen molar-refractivity contribution in [3.63, 3.8) is 0 Å². The molecule has 2 aliphatic heterocycles. The SMILES string of the molecule is CC(O)c1ccc(N2CCN3CCCCC3C2)cc1Br. The highest BCUT2D eigenvalue weighted by atomic mass is 79.9. The van der Waals surface area contributed by atoms with Crippen LogP contribution in [-0.4, -0.2) is 42.2 Å². The Bertz CT molecular complexity index is 478. The maximum Gasteiger partial charge on any atom is 0.0772 e. The molecule has 0 bridgehead atoms. The Balaban J connectivity index is 1.75. The van der Waals surface area contributed by atoms with Gasteiger partial charge < -0.3 is 10.0 Å². The van der Waals surface area contributed by atoms with Crippen molar-refractivity contribution in [1.29, 1.82) is 0 Å². The van der Waals surface area contributed by atoms with Crippen molar-refractivity contribution >= 4 is 21.6 Å². The number of nitrogens with zero attached hydrogens (tertiary/aromatic N) is 2. The Morgan fingerprint density at radius 2 is 2.10 bits per heavy atom. The third-order valence-electron chi connectivity index (χ3n) is 4.64. The van der Waals surface area contributed by atoms with Gasteiger partial charge in [0.25, 0.3) is 0 Å². The van der Waals surface area contributed by atoms with Crippen molar-refractivity contribution < 1.29 is 5.11 Å². The van der Waals surface area contributed by atoms with E-state index in [1.165, 1.54) is 38.0 Å². The molecule has 1 aromatic rings. The van der Waals surface area contributed by atoms with Crippen LogP contribution >= 0.6 is 15.9 Å². The monoisotopic (exact) mass is 338 g/mol. The number of aliphatic hydroxyl groups excluding tert-OH is 1. The van der Waals surface area contributed by atoms with E-state index in [-0.39, 0.29) is 0 Å². The highest BCUT2D eigenvalue weighted by Crippen LogP contribution is 2.30. The number of piperidine rings is 1. The predicted octanol–water partition coefficient (Wildman–Crippen LogP) is 3.18. The van der Waals surface area contributed by atoms with E-state index in [4.69, 9.17) is 0 Å². The Morgan fingerprint density at radius 1 is 1.25 bits per heavy atom. The summed E-state index contributed by atoms with van der Waals surface area (Å²) in [4.78, 5) is 5.14. The first-order chi connectivity index (χ1) is 9.65. The van der Waals surface area contributed by atoms with Crippen molar-refractivity contribution in [1.82, 2.24) is 4.90 Å². The molecule has 2 saturated heterocycles. The number of piperazine rings is 1. The average Bonchev–Trinajstić information content (AvgIpc) is 2.46. The maximum atomic E-state index is 9.71. The lowest BCUT2D eigenvalue weighted by atomic mass is 9.99. The molecule has 3 nitrogen and oxygen atoms in total. The van der Waals surface area contributed by atoms with E-state index >= 15 is 0 Å². The number of rotatable bonds is 2. The molecule has 2 heterocycles. The molecule has 2 atom stereocenters. The summed E-state index contributed by atoms with van der Waals surface area (Å²) in [5.41, 5.74) is 2.23. The summed E-state index contributed by atoms with van der Waals surface area (Å²) >= 11 is 3.59. The number of hydrogen-bond donors (Lipinski definition) is 1. The van der Waals surface area contributed by atoms with Gasteiger partial charge in [-0.1, -0.05) is 28.4 Å². The third-order valence-corrected chi connectivity index (χ3v) is 5.32. The van der Waals surface area contributed by atoms with Crippen molar-refractivity contribution in [3.8, 4) is 0 Å². The molecule has 110 valence electrons. The highest BCUT2D eigenvalue weighted by Gasteiger charge is 2.29. The van der Waals surface area contributed by atoms with Crippen LogP contribution in [0.4, 0.5) is 5.69 Å². The maximum absolute atomic E-state index is 9.71. The fourth-order valence-electron chi connectivity index (χ4n) is 3.44. The zero-order chi connectivity index (χ0) is 14.1. The minimum Gasteiger partial charge on any atom is -0.389 e. The first-order valence-electron chi connectivity index (χ1n) is 7.61. The fourth-order valence-corrected chi connectivity index (χ4v) is 4.14. The van der Waals surface area contributed by atoms with E-state index < -0.39 is 6.10 Å². The molecule has 2 unspecified atom stereocenters. The van der Waals surface area contributed by atoms with Crippen LogP contribution in [-0.2, 0) is 0 Å². The van der Waals surface area contributed by atoms with Crippen molar-refractivity contribution in [3.05, 3.63) is 28.2 Å². The number of aliphatic hydroxyl groups is 1. The molecule has 0 radical (unpaired) electrons. The Morgan fingerprint density at radius 3 is 2.85 bits per heavy atom. The quantitative estimate of drug-likeness (QED) is 0.897. The van der Waals surface area contributed by atoms with Gasteiger partial charge in [0.1, 0.15) is 0 Å². The van der Waals surface area contributed by atoms with Crippen LogP contribution in [0.15, 0.2) is 22.7 Å². The van der Waals surface area contributed by atoms with E-state index in [1.807, 2.05) is 6.07 Å². The molecule has 0 saturated carbocycles. The molecule has 3 rings (SSSR count). The molecule has 2 aliphatic rings. The second-order valence-electron chi connectivity index (χ2n) is 6.01. The molecule has 2 fully saturated rings. The van der Waals surface area contributed by atoms with Crippen LogP contribution in [0.1, 0.15) is 37.9 Å². The van der Waals surface area contributed by atoms with E-state index in [0.29, 0.717) is 0 Å². The molecule has 20 heavy (non-hydrogen) atoms. The van der Waals surface area contributed by atoms with E-state index in [0.717, 1.165) is 29.2 Å². The van der Waals surface area contributed by atoms with Crippen LogP contribution in [0.2, 0.25) is 0 Å². The lowest BCUT2D eigenvalue weighted by Crippen LogP contribution is -2.54. The summed E-state index contributed by atoms with van der Waals surface area (Å²) < 4.78 is 1.01. The lowest BCUT2D eigenvalue weighted by molar-refractivity contribution is 0.133. The van der Waals surface area contributed by atoms with Crippen LogP contribution in [0.5, 0.6) is 0 Å². The molecule has 1 N–H and O–H groups in total. The van der Waals surface area contributed by atoms with Crippen LogP contribution < -0.4 is 4.90 Å². The molecule has 0 amide bonds. The second-order valence-corrected chi connectivity index (χ2v) is 6.87. The summed E-state index contributed by atoms with van der Waals surface area (Å²) in [6, 6.07) is 7.07. The minimum atomic E-state index is -0.423. The van der Waals surface area contributed by atoms with Gasteiger partial charge in [-0.15, -0.1) is 0 Å². The van der Waals surface area contributed by atoms with Gasteiger partial charge in [0.2, 0.25) is 0 Å². The number of fused-ring (bicyclic) bond motifs is 1. The summed E-state index contributed by atoms with van der Waals surface area (Å²) in [5.74, 6) is 0. The molecule has 4 heteroatoms. The van der Waals surface area contributed by atoms with Gasteiger partial charge in [-0.3, -0.25) is 4.90 Å². The third kappa shape index (κ3) is 2.87. The minimum absolute atomic E-state index is 0.423. The Hall–Kier alpha value is -0.580. The van der Waals surface area contributed by atoms with Gasteiger partial charge in [0, 0.05) is 35.8 Å². The van der Waals surface area contributed by atoms with Gasteiger partial charge in [-0.25, -0.2) is 0 Å². The molecule has 1 aromatic carbocycles. The average molecular weight is 339 g/mol. The van der Waals surface area contributed by atoms with Gasteiger partial charge in [-0.05, 0) is 44.0 Å². The van der Waals surface area contributed by atoms with E-state index in [9.17, 15) is 5.11 Å². The second kappa shape index (κ2) is 6.04. The molecular weight excluding hydrogens is 316 g/mol. The number of hydrogen-bond acceptors (Lipinski definition) is 3. The number of anilines is 1. The molecule has 0 aliphatic carbocycles. The van der Waals surface area contributed by atoms with Crippen LogP contribution in [0.25, 0.3) is 0 Å². The summed E-state index contributed by atoms with van der Waals surface area (Å²) in [6.07, 6.45) is 3.66. The summed E-state index contributed by atoms with van der Waals surface area (Å²) in [6.45, 7) is 6.52. The van der Waals surface area contributed by atoms with Gasteiger partial charge in [0.05, 0.1) is 6.10 Å². The Kier molecular flexibility index (Phi) is 4.34. The lowest BCUT2D eigenvalue weighted by Gasteiger charge is -2.45. The summed E-state index contributed by atoms with van der Waals surface area (Å²) in [7, 11) is 0. The predicted molar refractivity (Wildman–Crippen MR) is 86.2 cm³/mol. The first-order valence-corrected chi connectivity index (χ1v) is 8.41. The van der Waals surface area contributed by atoms with Crippen molar-refractivity contribution in [2.75, 3.05) is 31.1 Å². The zero-order valence-corrected chi connectivity index (χ0v) is 13.6. The fraction of sp³-hybridized carbons (Fsp3) is 0.625. The number of halogens is 1. The van der Waals surface area contributed by atoms with Crippen molar-refractivity contribution in [2.45, 2.75) is 38.3 Å². The number of benzene rings is 1. The topological polar surface area (TPSA) is 26.7 Å². The normalized spacial score (nSPS) is 25.4. The largest absolute Gasteiger partial charge is 0.389 e. The van der Waals surface area contributed by atoms with Gasteiger partial charge in [-0.2, -0.15) is 0 Å². The highest BCUT2D eigenvalue weighted by molar-refractivity contribution is 9.10. The zero-order valence-electron chi connectivity index (χ0n) is 12.1. The van der Waals surface area contributed by atoms with E-state index in [1.54, 1.807) is 6.92 Å². The molecule has 0 aromatic heterocycles. The molecular formula is C16H23BrN2O. The van der Waals surface area contributed by atoms with Crippen LogP contribution in [0, 0.1) is 0 Å². The smallest absolute Gasteiger partial charge is 0.0772 e. The molecule has 0 spiro atoms. The first kappa shape index (κ1) is 14.4. The Labute approximate surface area is 129 Å². The van der Waals surface area contributed by atoms with Crippen molar-refractivity contribution in [2.24, 2.45) is 0 Å². The van der Waals surface area contributed by atoms with E-state index in [2.05, 4.69) is 37.9 Å². The van der Waals surface area contributed by atoms with Gasteiger partial charge >= 0.3 is 0 Å². The standard InChI is InChI=1S/C16H23BrN2O/c1-12(20)15-6-5-13(10-16(15)17)19-9-8-18-7-3-2-4-14(18)11-19/h5-6,10,12,14,20H,2-4,7-9,11H2,1H3.